The Bertz CT molecular complexity index is 398. The third-order valence-electron chi connectivity index (χ3n) is 2.48. The molecule has 0 aliphatic carbocycles. The molecule has 0 saturated carbocycles. The molecule has 6 N–H and O–H groups in total. The molecular formula is C11H21N5O3. The van der Waals surface area contributed by atoms with E-state index in [4.69, 9.17) is 10.6 Å². The van der Waals surface area contributed by atoms with Crippen LogP contribution in [-0.4, -0.2) is 45.5 Å². The Morgan fingerprint density at radius 2 is 1.95 bits per heavy atom. The zero-order valence-corrected chi connectivity index (χ0v) is 11.2. The van der Waals surface area contributed by atoms with E-state index in [1.54, 1.807) is 13.0 Å². The van der Waals surface area contributed by atoms with Gasteiger partial charge in [-0.3, -0.25) is 0 Å². The van der Waals surface area contributed by atoms with Gasteiger partial charge in [0.25, 0.3) is 0 Å². The summed E-state index contributed by atoms with van der Waals surface area (Å²) in [6.07, 6.45) is 0. The number of aliphatic hydroxyl groups excluding tert-OH is 2. The van der Waals surface area contributed by atoms with Crippen molar-refractivity contribution in [3.05, 3.63) is 11.9 Å². The number of hydrogen-bond acceptors (Lipinski definition) is 8. The number of aliphatic hydroxyl groups is 2. The number of nitrogens with zero attached hydrogens (tertiary/aromatic N) is 2. The van der Waals surface area contributed by atoms with Crippen molar-refractivity contribution in [1.82, 2.24) is 9.97 Å². The first kappa shape index (κ1) is 15.6. The molecule has 0 saturated heterocycles. The summed E-state index contributed by atoms with van der Waals surface area (Å²) in [5, 5.41) is 21.4. The number of hydrazine groups is 1. The minimum Gasteiger partial charge on any atom is -0.394 e. The zero-order chi connectivity index (χ0) is 14.3. The highest BCUT2D eigenvalue weighted by Gasteiger charge is 2.23. The van der Waals surface area contributed by atoms with E-state index in [0.29, 0.717) is 24.1 Å². The van der Waals surface area contributed by atoms with Crippen molar-refractivity contribution in [2.24, 2.45) is 5.84 Å². The van der Waals surface area contributed by atoms with E-state index < -0.39 is 5.54 Å². The molecule has 0 amide bonds. The maximum absolute atomic E-state index is 9.25. The summed E-state index contributed by atoms with van der Waals surface area (Å²) in [6, 6.07) is 1.58. The second-order valence-electron chi connectivity index (χ2n) is 4.34. The predicted molar refractivity (Wildman–Crippen MR) is 71.4 cm³/mol. The molecule has 0 aromatic carbocycles. The van der Waals surface area contributed by atoms with E-state index in [0.717, 1.165) is 0 Å². The van der Waals surface area contributed by atoms with Crippen LogP contribution in [0.2, 0.25) is 0 Å². The second-order valence-corrected chi connectivity index (χ2v) is 4.34. The van der Waals surface area contributed by atoms with E-state index in [1.807, 2.05) is 6.92 Å². The van der Waals surface area contributed by atoms with Gasteiger partial charge in [-0.2, -0.15) is 0 Å². The van der Waals surface area contributed by atoms with Gasteiger partial charge in [-0.1, -0.05) is 0 Å². The molecule has 0 bridgehead atoms. The van der Waals surface area contributed by atoms with E-state index in [2.05, 4.69) is 20.7 Å². The monoisotopic (exact) mass is 271 g/mol. The van der Waals surface area contributed by atoms with Crippen molar-refractivity contribution in [3.63, 3.8) is 0 Å². The fourth-order valence-corrected chi connectivity index (χ4v) is 1.33. The number of rotatable bonds is 8. The average Bonchev–Trinajstić information content (AvgIpc) is 2.44. The van der Waals surface area contributed by atoms with Crippen LogP contribution < -0.4 is 16.6 Å². The number of nitrogens with one attached hydrogen (secondary N) is 2. The first-order valence-corrected chi connectivity index (χ1v) is 5.99. The van der Waals surface area contributed by atoms with Crippen LogP contribution in [0.25, 0.3) is 0 Å². The topological polar surface area (TPSA) is 126 Å². The fraction of sp³-hybridized carbons (Fsp3) is 0.636. The third-order valence-corrected chi connectivity index (χ3v) is 2.48. The van der Waals surface area contributed by atoms with E-state index in [-0.39, 0.29) is 19.8 Å². The van der Waals surface area contributed by atoms with Crippen LogP contribution in [-0.2, 0) is 11.3 Å². The van der Waals surface area contributed by atoms with Gasteiger partial charge < -0.3 is 25.7 Å². The Labute approximate surface area is 112 Å². The maximum atomic E-state index is 9.25. The van der Waals surface area contributed by atoms with Gasteiger partial charge in [0, 0.05) is 12.7 Å². The fourth-order valence-electron chi connectivity index (χ4n) is 1.33. The minimum absolute atomic E-state index is 0.236. The lowest BCUT2D eigenvalue weighted by molar-refractivity contribution is 0.128. The molecule has 19 heavy (non-hydrogen) atoms. The largest absolute Gasteiger partial charge is 0.394 e. The highest BCUT2D eigenvalue weighted by molar-refractivity contribution is 5.48. The molecule has 1 heterocycles. The number of aromatic nitrogens is 2. The van der Waals surface area contributed by atoms with E-state index >= 15 is 0 Å². The number of nitrogen functional groups attached to an aromatic ring is 1. The van der Waals surface area contributed by atoms with Crippen LogP contribution in [0.4, 0.5) is 11.6 Å². The third kappa shape index (κ3) is 4.60. The predicted octanol–water partition coefficient (Wildman–Crippen LogP) is -0.546. The molecule has 1 rings (SSSR count). The summed E-state index contributed by atoms with van der Waals surface area (Å²) in [5.41, 5.74) is 1.56. The smallest absolute Gasteiger partial charge is 0.158 e. The van der Waals surface area contributed by atoms with Gasteiger partial charge in [0.1, 0.15) is 18.2 Å². The molecule has 0 atom stereocenters. The Balaban J connectivity index is 2.92. The van der Waals surface area contributed by atoms with Crippen LogP contribution in [0, 0.1) is 0 Å². The van der Waals surface area contributed by atoms with Gasteiger partial charge in [-0.15, -0.1) is 0 Å². The summed E-state index contributed by atoms with van der Waals surface area (Å²) in [4.78, 5) is 8.37. The van der Waals surface area contributed by atoms with Gasteiger partial charge in [0.2, 0.25) is 0 Å². The van der Waals surface area contributed by atoms with Crippen molar-refractivity contribution in [3.8, 4) is 0 Å². The van der Waals surface area contributed by atoms with Crippen molar-refractivity contribution in [1.29, 1.82) is 0 Å². The molecule has 8 nitrogen and oxygen atoms in total. The van der Waals surface area contributed by atoms with Crippen LogP contribution in [0.15, 0.2) is 6.07 Å². The lowest BCUT2D eigenvalue weighted by atomic mass is 10.1. The molecular weight excluding hydrogens is 250 g/mol. The SMILES string of the molecule is CCOCc1nc(NN)cc(NC(C)(CO)CO)n1. The lowest BCUT2D eigenvalue weighted by Gasteiger charge is -2.27. The minimum atomic E-state index is -0.872. The maximum Gasteiger partial charge on any atom is 0.158 e. The quantitative estimate of drug-likeness (QED) is 0.315. The number of hydrogen-bond donors (Lipinski definition) is 5. The van der Waals surface area contributed by atoms with Crippen LogP contribution in [0.3, 0.4) is 0 Å². The Hall–Kier alpha value is -1.48. The van der Waals surface area contributed by atoms with Gasteiger partial charge >= 0.3 is 0 Å². The summed E-state index contributed by atoms with van der Waals surface area (Å²) in [7, 11) is 0. The van der Waals surface area contributed by atoms with Crippen molar-refractivity contribution in [2.75, 3.05) is 30.6 Å². The summed E-state index contributed by atoms with van der Waals surface area (Å²) >= 11 is 0. The van der Waals surface area contributed by atoms with Crippen LogP contribution >= 0.6 is 0 Å². The Morgan fingerprint density at radius 1 is 1.32 bits per heavy atom. The lowest BCUT2D eigenvalue weighted by Crippen LogP contribution is -2.42. The normalized spacial score (nSPS) is 11.4. The number of nitrogens with two attached hydrogens (primary N) is 1. The zero-order valence-electron chi connectivity index (χ0n) is 11.2. The molecule has 0 unspecified atom stereocenters. The molecule has 0 fully saturated rings. The first-order valence-electron chi connectivity index (χ1n) is 5.99. The van der Waals surface area contributed by atoms with Crippen molar-refractivity contribution in [2.45, 2.75) is 26.0 Å². The van der Waals surface area contributed by atoms with Crippen LogP contribution in [0.1, 0.15) is 19.7 Å². The number of anilines is 2. The Morgan fingerprint density at radius 3 is 2.47 bits per heavy atom. The molecule has 1 aromatic rings. The molecule has 0 spiro atoms. The van der Waals surface area contributed by atoms with Crippen molar-refractivity contribution < 1.29 is 14.9 Å². The molecule has 0 aliphatic heterocycles. The molecule has 0 aliphatic rings. The van der Waals surface area contributed by atoms with Gasteiger partial charge in [0.15, 0.2) is 5.82 Å². The summed E-state index contributed by atoms with van der Waals surface area (Å²) in [6.45, 7) is 3.89. The second kappa shape index (κ2) is 7.19. The number of ether oxygens (including phenoxy) is 1. The molecule has 108 valence electrons. The summed E-state index contributed by atoms with van der Waals surface area (Å²) in [5.74, 6) is 6.66. The standard InChI is InChI=1S/C11H21N5O3/c1-3-19-5-10-13-8(4-9(14-10)16-12)15-11(2,6-17)7-18/h4,17-18H,3,5-7,12H2,1-2H3,(H2,13,14,15,16). The van der Waals surface area contributed by atoms with E-state index in [9.17, 15) is 10.2 Å². The van der Waals surface area contributed by atoms with Crippen LogP contribution in [0.5, 0.6) is 0 Å². The molecule has 0 radical (unpaired) electrons. The van der Waals surface area contributed by atoms with Gasteiger partial charge in [-0.25, -0.2) is 15.8 Å². The van der Waals surface area contributed by atoms with Gasteiger partial charge in [-0.05, 0) is 13.8 Å². The van der Waals surface area contributed by atoms with Gasteiger partial charge in [0.05, 0.1) is 18.8 Å². The highest BCUT2D eigenvalue weighted by Crippen LogP contribution is 2.16. The molecule has 1 aromatic heterocycles. The average molecular weight is 271 g/mol. The summed E-state index contributed by atoms with van der Waals surface area (Å²) < 4.78 is 5.24. The highest BCUT2D eigenvalue weighted by atomic mass is 16.5. The Kier molecular flexibility index (Phi) is 5.90. The van der Waals surface area contributed by atoms with Crippen molar-refractivity contribution >= 4 is 11.6 Å². The van der Waals surface area contributed by atoms with E-state index in [1.165, 1.54) is 0 Å². The first-order chi connectivity index (χ1) is 9.06. The molecule has 8 heteroatoms.